The first-order chi connectivity index (χ1) is 7.25. The Labute approximate surface area is 91.9 Å². The third-order valence-electron chi connectivity index (χ3n) is 3.42. The highest BCUT2D eigenvalue weighted by Crippen LogP contribution is 2.24. The number of nitrogens with zero attached hydrogens (tertiary/aromatic N) is 2. The summed E-state index contributed by atoms with van der Waals surface area (Å²) in [6.45, 7) is 3.41. The molecule has 15 heavy (non-hydrogen) atoms. The van der Waals surface area contributed by atoms with Crippen LogP contribution in [-0.2, 0) is 13.5 Å². The van der Waals surface area contributed by atoms with E-state index < -0.39 is 0 Å². The summed E-state index contributed by atoms with van der Waals surface area (Å²) in [6, 6.07) is 2.84. The van der Waals surface area contributed by atoms with Crippen LogP contribution in [0.4, 0.5) is 0 Å². The molecule has 0 aromatic carbocycles. The molecule has 0 spiro atoms. The molecule has 0 aliphatic heterocycles. The van der Waals surface area contributed by atoms with Crippen LogP contribution in [0.15, 0.2) is 12.3 Å². The van der Waals surface area contributed by atoms with Crippen LogP contribution in [0.2, 0.25) is 0 Å². The molecule has 1 aliphatic rings. The SMILES string of the molecule is CC1CCCC1NCCc1ccn(C)n1. The van der Waals surface area contributed by atoms with Crippen molar-refractivity contribution in [3.63, 3.8) is 0 Å². The van der Waals surface area contributed by atoms with Crippen molar-refractivity contribution in [2.75, 3.05) is 6.54 Å². The van der Waals surface area contributed by atoms with Crippen molar-refractivity contribution in [1.82, 2.24) is 15.1 Å². The van der Waals surface area contributed by atoms with Crippen molar-refractivity contribution in [2.45, 2.75) is 38.6 Å². The van der Waals surface area contributed by atoms with E-state index in [2.05, 4.69) is 23.4 Å². The number of hydrogen-bond acceptors (Lipinski definition) is 2. The summed E-state index contributed by atoms with van der Waals surface area (Å²) in [5.74, 6) is 0.855. The smallest absolute Gasteiger partial charge is 0.0637 e. The average molecular weight is 207 g/mol. The molecular weight excluding hydrogens is 186 g/mol. The van der Waals surface area contributed by atoms with E-state index >= 15 is 0 Å². The molecule has 1 fully saturated rings. The lowest BCUT2D eigenvalue weighted by Gasteiger charge is -2.16. The van der Waals surface area contributed by atoms with Crippen molar-refractivity contribution in [1.29, 1.82) is 0 Å². The van der Waals surface area contributed by atoms with Crippen molar-refractivity contribution in [2.24, 2.45) is 13.0 Å². The Hall–Kier alpha value is -0.830. The zero-order chi connectivity index (χ0) is 10.7. The molecule has 1 aliphatic carbocycles. The first-order valence-corrected chi connectivity index (χ1v) is 5.97. The van der Waals surface area contributed by atoms with Crippen molar-refractivity contribution in [3.8, 4) is 0 Å². The zero-order valence-corrected chi connectivity index (χ0v) is 9.74. The Morgan fingerprint density at radius 2 is 2.40 bits per heavy atom. The molecule has 2 unspecified atom stereocenters. The van der Waals surface area contributed by atoms with Gasteiger partial charge in [0.2, 0.25) is 0 Å². The van der Waals surface area contributed by atoms with Gasteiger partial charge in [0, 0.05) is 32.3 Å². The molecule has 84 valence electrons. The van der Waals surface area contributed by atoms with Crippen LogP contribution in [0.1, 0.15) is 31.9 Å². The van der Waals surface area contributed by atoms with Crippen LogP contribution in [0, 0.1) is 5.92 Å². The predicted octanol–water partition coefficient (Wildman–Crippen LogP) is 1.74. The fraction of sp³-hybridized carbons (Fsp3) is 0.750. The Morgan fingerprint density at radius 1 is 1.53 bits per heavy atom. The Morgan fingerprint density at radius 3 is 3.00 bits per heavy atom. The van der Waals surface area contributed by atoms with Crippen LogP contribution in [0.3, 0.4) is 0 Å². The van der Waals surface area contributed by atoms with E-state index in [4.69, 9.17) is 0 Å². The zero-order valence-electron chi connectivity index (χ0n) is 9.74. The largest absolute Gasteiger partial charge is 0.313 e. The lowest BCUT2D eigenvalue weighted by atomic mass is 10.1. The highest BCUT2D eigenvalue weighted by atomic mass is 15.2. The first kappa shape index (κ1) is 10.7. The maximum atomic E-state index is 4.37. The van der Waals surface area contributed by atoms with Gasteiger partial charge in [-0.25, -0.2) is 0 Å². The molecule has 1 heterocycles. The van der Waals surface area contributed by atoms with Gasteiger partial charge in [-0.3, -0.25) is 4.68 Å². The number of aryl methyl sites for hydroxylation is 1. The van der Waals surface area contributed by atoms with Gasteiger partial charge >= 0.3 is 0 Å². The van der Waals surface area contributed by atoms with E-state index in [1.54, 1.807) is 0 Å². The Bertz CT molecular complexity index is 306. The maximum Gasteiger partial charge on any atom is 0.0637 e. The summed E-state index contributed by atoms with van der Waals surface area (Å²) in [7, 11) is 1.97. The molecule has 2 rings (SSSR count). The quantitative estimate of drug-likeness (QED) is 0.815. The van der Waals surface area contributed by atoms with E-state index in [-0.39, 0.29) is 0 Å². The normalized spacial score (nSPS) is 26.0. The Balaban J connectivity index is 1.70. The van der Waals surface area contributed by atoms with Gasteiger partial charge in [-0.15, -0.1) is 0 Å². The topological polar surface area (TPSA) is 29.9 Å². The third-order valence-corrected chi connectivity index (χ3v) is 3.42. The number of aromatic nitrogens is 2. The molecule has 0 amide bonds. The maximum absolute atomic E-state index is 4.37. The minimum atomic E-state index is 0.744. The van der Waals surface area contributed by atoms with E-state index in [0.29, 0.717) is 0 Å². The molecule has 1 aromatic heterocycles. The summed E-state index contributed by atoms with van der Waals surface area (Å²) in [4.78, 5) is 0. The molecule has 1 aromatic rings. The Kier molecular flexibility index (Phi) is 3.41. The molecule has 3 nitrogen and oxygen atoms in total. The average Bonchev–Trinajstić information content (AvgIpc) is 2.77. The highest BCUT2D eigenvalue weighted by molar-refractivity contribution is 4.99. The van der Waals surface area contributed by atoms with Crippen molar-refractivity contribution < 1.29 is 0 Å². The van der Waals surface area contributed by atoms with Gasteiger partial charge < -0.3 is 5.32 Å². The van der Waals surface area contributed by atoms with Crippen LogP contribution < -0.4 is 5.32 Å². The monoisotopic (exact) mass is 207 g/mol. The summed E-state index contributed by atoms with van der Waals surface area (Å²) < 4.78 is 1.87. The molecule has 1 N–H and O–H groups in total. The summed E-state index contributed by atoms with van der Waals surface area (Å²) >= 11 is 0. The van der Waals surface area contributed by atoms with Gasteiger partial charge in [-0.1, -0.05) is 13.3 Å². The molecule has 0 bridgehead atoms. The second-order valence-electron chi connectivity index (χ2n) is 4.70. The lowest BCUT2D eigenvalue weighted by molar-refractivity contribution is 0.429. The van der Waals surface area contributed by atoms with Crippen molar-refractivity contribution >= 4 is 0 Å². The first-order valence-electron chi connectivity index (χ1n) is 5.97. The van der Waals surface area contributed by atoms with Crippen LogP contribution >= 0.6 is 0 Å². The van der Waals surface area contributed by atoms with E-state index in [9.17, 15) is 0 Å². The molecule has 0 radical (unpaired) electrons. The predicted molar refractivity (Wildman–Crippen MR) is 61.7 cm³/mol. The van der Waals surface area contributed by atoms with E-state index in [0.717, 1.165) is 24.9 Å². The molecule has 3 heteroatoms. The van der Waals surface area contributed by atoms with Gasteiger partial charge in [-0.05, 0) is 24.8 Å². The van der Waals surface area contributed by atoms with Crippen molar-refractivity contribution in [3.05, 3.63) is 18.0 Å². The van der Waals surface area contributed by atoms with Gasteiger partial charge in [0.1, 0.15) is 0 Å². The molecular formula is C12H21N3. The van der Waals surface area contributed by atoms with Crippen LogP contribution in [0.5, 0.6) is 0 Å². The number of nitrogens with one attached hydrogen (secondary N) is 1. The number of hydrogen-bond donors (Lipinski definition) is 1. The second kappa shape index (κ2) is 4.79. The lowest BCUT2D eigenvalue weighted by Crippen LogP contribution is -2.32. The fourth-order valence-corrected chi connectivity index (χ4v) is 2.43. The summed E-state index contributed by atoms with van der Waals surface area (Å²) in [5, 5.41) is 8.01. The van der Waals surface area contributed by atoms with Gasteiger partial charge in [0.05, 0.1) is 5.69 Å². The highest BCUT2D eigenvalue weighted by Gasteiger charge is 2.22. The molecule has 0 saturated heterocycles. The van der Waals surface area contributed by atoms with E-state index in [1.807, 2.05) is 17.9 Å². The molecule has 2 atom stereocenters. The van der Waals surface area contributed by atoms with Gasteiger partial charge in [0.25, 0.3) is 0 Å². The molecule has 1 saturated carbocycles. The summed E-state index contributed by atoms with van der Waals surface area (Å²) in [6.07, 6.45) is 7.19. The minimum Gasteiger partial charge on any atom is -0.313 e. The standard InChI is InChI=1S/C12H21N3/c1-10-4-3-5-12(10)13-8-6-11-7-9-15(2)14-11/h7,9-10,12-13H,3-6,8H2,1-2H3. The van der Waals surface area contributed by atoms with Crippen LogP contribution in [-0.4, -0.2) is 22.4 Å². The third kappa shape index (κ3) is 2.81. The summed E-state index contributed by atoms with van der Waals surface area (Å²) in [5.41, 5.74) is 1.19. The second-order valence-corrected chi connectivity index (χ2v) is 4.70. The van der Waals surface area contributed by atoms with Gasteiger partial charge in [0.15, 0.2) is 0 Å². The van der Waals surface area contributed by atoms with E-state index in [1.165, 1.54) is 25.0 Å². The minimum absolute atomic E-state index is 0.744. The fourth-order valence-electron chi connectivity index (χ4n) is 2.43. The van der Waals surface area contributed by atoms with Gasteiger partial charge in [-0.2, -0.15) is 5.10 Å². The number of rotatable bonds is 4. The van der Waals surface area contributed by atoms with Crippen LogP contribution in [0.25, 0.3) is 0 Å².